The van der Waals surface area contributed by atoms with Gasteiger partial charge in [0.05, 0.1) is 12.6 Å². The molecule has 2 aliphatic carbocycles. The van der Waals surface area contributed by atoms with E-state index >= 15 is 0 Å². The minimum atomic E-state index is 0. The Hall–Kier alpha value is -1.02. The summed E-state index contributed by atoms with van der Waals surface area (Å²) in [5, 5.41) is 7.13. The Morgan fingerprint density at radius 2 is 1.77 bits per heavy atom. The lowest BCUT2D eigenvalue weighted by Crippen LogP contribution is -2.50. The van der Waals surface area contributed by atoms with Gasteiger partial charge in [0, 0.05) is 37.3 Å². The predicted octanol–water partition coefficient (Wildman–Crippen LogP) is 4.70. The van der Waals surface area contributed by atoms with E-state index in [0.717, 1.165) is 24.3 Å². The van der Waals surface area contributed by atoms with Crippen molar-refractivity contribution >= 4 is 29.9 Å². The fourth-order valence-electron chi connectivity index (χ4n) is 4.77. The average molecular weight is 527 g/mol. The molecule has 30 heavy (non-hydrogen) atoms. The van der Waals surface area contributed by atoms with Crippen LogP contribution >= 0.6 is 24.0 Å². The Labute approximate surface area is 199 Å². The largest absolute Gasteiger partial charge is 0.490 e. The van der Waals surface area contributed by atoms with E-state index in [1.54, 1.807) is 0 Å². The van der Waals surface area contributed by atoms with Crippen molar-refractivity contribution in [2.24, 2.45) is 4.99 Å². The van der Waals surface area contributed by atoms with Crippen LogP contribution in [0.1, 0.15) is 70.3 Å². The molecule has 0 aromatic heterocycles. The van der Waals surface area contributed by atoms with Crippen molar-refractivity contribution < 1.29 is 4.74 Å². The summed E-state index contributed by atoms with van der Waals surface area (Å²) in [6, 6.07) is 9.74. The van der Waals surface area contributed by atoms with E-state index in [1.807, 2.05) is 0 Å². The molecule has 1 aliphatic heterocycles. The molecule has 1 saturated heterocycles. The van der Waals surface area contributed by atoms with Crippen molar-refractivity contribution in [2.75, 3.05) is 19.6 Å². The standard InChI is InChI=1S/C24H38N4O.HI/c1-2-25-24(27-20-14-16-28(17-15-20)21-9-4-5-10-21)26-18-19-8-3-6-13-23(19)29-22-11-7-12-22;/h3,6,8,13,20-22H,2,4-5,7,9-12,14-18H2,1H3,(H2,25,26,27);1H. The highest BCUT2D eigenvalue weighted by atomic mass is 127. The number of ether oxygens (including phenoxy) is 1. The van der Waals surface area contributed by atoms with Crippen LogP contribution in [0.25, 0.3) is 0 Å². The van der Waals surface area contributed by atoms with Gasteiger partial charge in [-0.3, -0.25) is 0 Å². The zero-order chi connectivity index (χ0) is 19.9. The first-order chi connectivity index (χ1) is 14.3. The molecule has 1 aromatic rings. The van der Waals surface area contributed by atoms with Crippen LogP contribution in [0, 0.1) is 0 Å². The molecule has 1 aromatic carbocycles. The van der Waals surface area contributed by atoms with Gasteiger partial charge >= 0.3 is 0 Å². The smallest absolute Gasteiger partial charge is 0.191 e. The molecular formula is C24H39IN4O. The third-order valence-electron chi connectivity index (χ3n) is 6.78. The van der Waals surface area contributed by atoms with Crippen molar-refractivity contribution in [2.45, 2.75) is 89.4 Å². The van der Waals surface area contributed by atoms with Gasteiger partial charge in [-0.1, -0.05) is 31.0 Å². The van der Waals surface area contributed by atoms with E-state index in [9.17, 15) is 0 Å². The van der Waals surface area contributed by atoms with Gasteiger partial charge in [-0.05, 0) is 57.9 Å². The Morgan fingerprint density at radius 3 is 2.43 bits per heavy atom. The highest BCUT2D eigenvalue weighted by Crippen LogP contribution is 2.28. The molecule has 0 amide bonds. The van der Waals surface area contributed by atoms with Crippen LogP contribution in [0.15, 0.2) is 29.3 Å². The summed E-state index contributed by atoms with van der Waals surface area (Å²) in [7, 11) is 0. The molecule has 3 fully saturated rings. The van der Waals surface area contributed by atoms with Gasteiger partial charge in [0.2, 0.25) is 0 Å². The molecule has 0 atom stereocenters. The number of piperidine rings is 1. The lowest BCUT2D eigenvalue weighted by molar-refractivity contribution is 0.119. The Bertz CT molecular complexity index is 665. The number of hydrogen-bond acceptors (Lipinski definition) is 3. The quantitative estimate of drug-likeness (QED) is 0.307. The third kappa shape index (κ3) is 6.49. The van der Waals surface area contributed by atoms with Gasteiger partial charge in [-0.25, -0.2) is 4.99 Å². The number of para-hydroxylation sites is 1. The van der Waals surface area contributed by atoms with Crippen LogP contribution in [0.4, 0.5) is 0 Å². The summed E-state index contributed by atoms with van der Waals surface area (Å²) >= 11 is 0. The van der Waals surface area contributed by atoms with Crippen molar-refractivity contribution in [1.29, 1.82) is 0 Å². The topological polar surface area (TPSA) is 48.9 Å². The molecule has 0 bridgehead atoms. The number of likely N-dealkylation sites (tertiary alicyclic amines) is 1. The zero-order valence-corrected chi connectivity index (χ0v) is 20.8. The number of nitrogens with one attached hydrogen (secondary N) is 2. The van der Waals surface area contributed by atoms with E-state index < -0.39 is 0 Å². The molecule has 0 radical (unpaired) electrons. The number of aliphatic imine (C=N–C) groups is 1. The van der Waals surface area contributed by atoms with E-state index in [0.29, 0.717) is 18.7 Å². The fraction of sp³-hybridized carbons (Fsp3) is 0.708. The number of benzene rings is 1. The first-order valence-electron chi connectivity index (χ1n) is 11.9. The molecule has 3 aliphatic rings. The second-order valence-electron chi connectivity index (χ2n) is 8.87. The lowest BCUT2D eigenvalue weighted by Gasteiger charge is -2.36. The number of halogens is 1. The first-order valence-corrected chi connectivity index (χ1v) is 11.9. The molecule has 0 spiro atoms. The minimum Gasteiger partial charge on any atom is -0.490 e. The molecule has 168 valence electrons. The average Bonchev–Trinajstić information content (AvgIpc) is 3.25. The van der Waals surface area contributed by atoms with Crippen LogP contribution in [0.3, 0.4) is 0 Å². The monoisotopic (exact) mass is 526 g/mol. The van der Waals surface area contributed by atoms with E-state index in [2.05, 4.69) is 46.7 Å². The van der Waals surface area contributed by atoms with E-state index in [-0.39, 0.29) is 24.0 Å². The molecule has 1 heterocycles. The van der Waals surface area contributed by atoms with Crippen LogP contribution < -0.4 is 15.4 Å². The maximum absolute atomic E-state index is 6.17. The lowest BCUT2D eigenvalue weighted by atomic mass is 9.96. The normalized spacial score (nSPS) is 21.7. The Kier molecular flexibility index (Phi) is 9.56. The maximum Gasteiger partial charge on any atom is 0.191 e. The van der Waals surface area contributed by atoms with Gasteiger partial charge in [0.15, 0.2) is 5.96 Å². The first kappa shape index (κ1) is 23.6. The van der Waals surface area contributed by atoms with Gasteiger partial charge < -0.3 is 20.3 Å². The van der Waals surface area contributed by atoms with Crippen molar-refractivity contribution in [3.05, 3.63) is 29.8 Å². The van der Waals surface area contributed by atoms with Gasteiger partial charge in [-0.2, -0.15) is 0 Å². The second kappa shape index (κ2) is 12.1. The SMILES string of the molecule is CCNC(=NCc1ccccc1OC1CCC1)NC1CCN(C2CCCC2)CC1.I. The highest BCUT2D eigenvalue weighted by Gasteiger charge is 2.27. The van der Waals surface area contributed by atoms with Crippen molar-refractivity contribution in [1.82, 2.24) is 15.5 Å². The van der Waals surface area contributed by atoms with Crippen molar-refractivity contribution in [3.8, 4) is 5.75 Å². The van der Waals surface area contributed by atoms with Gasteiger partial charge in [0.1, 0.15) is 5.75 Å². The third-order valence-corrected chi connectivity index (χ3v) is 6.78. The Morgan fingerprint density at radius 1 is 1.03 bits per heavy atom. The summed E-state index contributed by atoms with van der Waals surface area (Å²) in [6.45, 7) is 6.11. The van der Waals surface area contributed by atoms with Crippen LogP contribution in [0.2, 0.25) is 0 Å². The summed E-state index contributed by atoms with van der Waals surface area (Å²) in [6.07, 6.45) is 12.1. The summed E-state index contributed by atoms with van der Waals surface area (Å²) in [5.74, 6) is 1.94. The van der Waals surface area contributed by atoms with Crippen LogP contribution in [-0.2, 0) is 6.54 Å². The molecule has 2 saturated carbocycles. The molecule has 6 heteroatoms. The number of nitrogens with zero attached hydrogens (tertiary/aromatic N) is 2. The summed E-state index contributed by atoms with van der Waals surface area (Å²) in [5.41, 5.74) is 1.17. The van der Waals surface area contributed by atoms with E-state index in [4.69, 9.17) is 9.73 Å². The zero-order valence-electron chi connectivity index (χ0n) is 18.4. The molecule has 2 N–H and O–H groups in total. The van der Waals surface area contributed by atoms with Crippen LogP contribution in [-0.4, -0.2) is 48.7 Å². The predicted molar refractivity (Wildman–Crippen MR) is 135 cm³/mol. The molecule has 5 nitrogen and oxygen atoms in total. The molecule has 4 rings (SSSR count). The fourth-order valence-corrected chi connectivity index (χ4v) is 4.77. The van der Waals surface area contributed by atoms with Gasteiger partial charge in [-0.15, -0.1) is 24.0 Å². The maximum atomic E-state index is 6.17. The highest BCUT2D eigenvalue weighted by molar-refractivity contribution is 14.0. The number of hydrogen-bond donors (Lipinski definition) is 2. The van der Waals surface area contributed by atoms with Crippen LogP contribution in [0.5, 0.6) is 5.75 Å². The molecule has 0 unspecified atom stereocenters. The number of rotatable bonds is 7. The second-order valence-corrected chi connectivity index (χ2v) is 8.87. The number of guanidine groups is 1. The Balaban J connectivity index is 0.00000256. The van der Waals surface area contributed by atoms with E-state index in [1.165, 1.54) is 76.4 Å². The van der Waals surface area contributed by atoms with Crippen molar-refractivity contribution in [3.63, 3.8) is 0 Å². The summed E-state index contributed by atoms with van der Waals surface area (Å²) in [4.78, 5) is 7.61. The minimum absolute atomic E-state index is 0. The molecular weight excluding hydrogens is 487 g/mol. The summed E-state index contributed by atoms with van der Waals surface area (Å²) < 4.78 is 6.17. The van der Waals surface area contributed by atoms with Gasteiger partial charge in [0.25, 0.3) is 0 Å².